The number of ketones is 1. The van der Waals surface area contributed by atoms with Gasteiger partial charge in [0.15, 0.2) is 5.78 Å². The van der Waals surface area contributed by atoms with E-state index in [1.165, 1.54) is 19.3 Å². The fourth-order valence-corrected chi connectivity index (χ4v) is 2.42. The second-order valence-corrected chi connectivity index (χ2v) is 5.33. The third-order valence-electron chi connectivity index (χ3n) is 3.48. The number of benzene rings is 1. The second-order valence-electron chi connectivity index (χ2n) is 5.06. The van der Waals surface area contributed by atoms with Crippen LogP contribution in [0, 0.1) is 0 Å². The van der Waals surface area contributed by atoms with Gasteiger partial charge in [-0.05, 0) is 19.4 Å². The topological polar surface area (TPSA) is 35.5 Å². The lowest BCUT2D eigenvalue weighted by Gasteiger charge is -2.18. The molecule has 0 heterocycles. The highest BCUT2D eigenvalue weighted by atomic mass is 35.5. The summed E-state index contributed by atoms with van der Waals surface area (Å²) in [5, 5.41) is 0. The predicted octanol–water partition coefficient (Wildman–Crippen LogP) is 4.77. The molecule has 0 aliphatic carbocycles. The van der Waals surface area contributed by atoms with Crippen LogP contribution in [0.15, 0.2) is 18.2 Å². The van der Waals surface area contributed by atoms with Gasteiger partial charge in [0.05, 0.1) is 24.7 Å². The first-order valence-electron chi connectivity index (χ1n) is 7.53. The number of alkyl halides is 1. The first-order valence-corrected chi connectivity index (χ1v) is 8.06. The Kier molecular flexibility index (Phi) is 8.40. The molecule has 3 nitrogen and oxygen atoms in total. The number of rotatable bonds is 10. The highest BCUT2D eigenvalue weighted by Crippen LogP contribution is 2.31. The zero-order valence-corrected chi connectivity index (χ0v) is 13.9. The normalized spacial score (nSPS) is 12.2. The lowest BCUT2D eigenvalue weighted by atomic mass is 10.0. The molecule has 0 amide bonds. The van der Waals surface area contributed by atoms with Crippen molar-refractivity contribution in [2.75, 3.05) is 19.6 Å². The van der Waals surface area contributed by atoms with E-state index in [1.54, 1.807) is 13.2 Å². The van der Waals surface area contributed by atoms with Gasteiger partial charge in [0.1, 0.15) is 5.75 Å². The molecule has 0 fully saturated rings. The van der Waals surface area contributed by atoms with Crippen molar-refractivity contribution in [3.8, 4) is 5.75 Å². The van der Waals surface area contributed by atoms with Gasteiger partial charge in [0.2, 0.25) is 0 Å². The fraction of sp³-hybridized carbons (Fsp3) is 0.588. The van der Waals surface area contributed by atoms with Gasteiger partial charge in [0.25, 0.3) is 0 Å². The van der Waals surface area contributed by atoms with E-state index in [9.17, 15) is 4.79 Å². The van der Waals surface area contributed by atoms with E-state index in [0.717, 1.165) is 18.6 Å². The first-order chi connectivity index (χ1) is 10.2. The van der Waals surface area contributed by atoms with Crippen molar-refractivity contribution in [3.63, 3.8) is 0 Å². The number of para-hydroxylation sites is 1. The molecule has 1 aromatic rings. The van der Waals surface area contributed by atoms with Crippen LogP contribution >= 0.6 is 11.6 Å². The van der Waals surface area contributed by atoms with Gasteiger partial charge in [-0.1, -0.05) is 38.3 Å². The molecule has 1 aromatic carbocycles. The standard InChI is InChI=1S/C17H25ClO3/c1-4-5-6-7-11-21-13(2)14-9-8-10-15(16(19)12-18)17(14)20-3/h8-10,13H,4-7,11-12H2,1-3H3/t13-/m1/s1. The quantitative estimate of drug-likeness (QED) is 0.354. The van der Waals surface area contributed by atoms with E-state index in [1.807, 2.05) is 19.1 Å². The maximum Gasteiger partial charge on any atom is 0.181 e. The Labute approximate surface area is 132 Å². The zero-order valence-electron chi connectivity index (χ0n) is 13.2. The van der Waals surface area contributed by atoms with E-state index in [2.05, 4.69) is 6.92 Å². The Morgan fingerprint density at radius 1 is 1.29 bits per heavy atom. The van der Waals surface area contributed by atoms with Crippen LogP contribution in [0.1, 0.15) is 61.6 Å². The van der Waals surface area contributed by atoms with Crippen molar-refractivity contribution in [2.24, 2.45) is 0 Å². The smallest absolute Gasteiger partial charge is 0.181 e. The molecular weight excluding hydrogens is 288 g/mol. The van der Waals surface area contributed by atoms with Crippen molar-refractivity contribution in [1.29, 1.82) is 0 Å². The first kappa shape index (κ1) is 18.0. The van der Waals surface area contributed by atoms with Crippen molar-refractivity contribution in [1.82, 2.24) is 0 Å². The third-order valence-corrected chi connectivity index (χ3v) is 3.72. The number of halogens is 1. The largest absolute Gasteiger partial charge is 0.496 e. The molecule has 0 saturated carbocycles. The molecule has 0 saturated heterocycles. The Hall–Kier alpha value is -1.06. The summed E-state index contributed by atoms with van der Waals surface area (Å²) in [6, 6.07) is 5.51. The minimum absolute atomic E-state index is 0.0495. The van der Waals surface area contributed by atoms with Gasteiger partial charge in [-0.15, -0.1) is 11.6 Å². The van der Waals surface area contributed by atoms with E-state index in [4.69, 9.17) is 21.1 Å². The molecular formula is C17H25ClO3. The maximum absolute atomic E-state index is 11.8. The predicted molar refractivity (Wildman–Crippen MR) is 86.6 cm³/mol. The lowest BCUT2D eigenvalue weighted by Crippen LogP contribution is -2.09. The number of ether oxygens (including phenoxy) is 2. The molecule has 1 rings (SSSR count). The van der Waals surface area contributed by atoms with Crippen LogP contribution < -0.4 is 4.74 Å². The highest BCUT2D eigenvalue weighted by Gasteiger charge is 2.18. The van der Waals surface area contributed by atoms with Crippen LogP contribution in [0.3, 0.4) is 0 Å². The molecule has 118 valence electrons. The van der Waals surface area contributed by atoms with Gasteiger partial charge in [-0.25, -0.2) is 0 Å². The Balaban J connectivity index is 2.74. The summed E-state index contributed by atoms with van der Waals surface area (Å²) in [4.78, 5) is 11.8. The number of hydrogen-bond donors (Lipinski definition) is 0. The van der Waals surface area contributed by atoms with Gasteiger partial charge in [0, 0.05) is 12.2 Å². The van der Waals surface area contributed by atoms with Crippen molar-refractivity contribution >= 4 is 17.4 Å². The molecule has 0 aliphatic heterocycles. The molecule has 0 bridgehead atoms. The summed E-state index contributed by atoms with van der Waals surface area (Å²) >= 11 is 5.64. The highest BCUT2D eigenvalue weighted by molar-refractivity contribution is 6.30. The number of unbranched alkanes of at least 4 members (excludes halogenated alkanes) is 3. The maximum atomic E-state index is 11.8. The summed E-state index contributed by atoms with van der Waals surface area (Å²) in [7, 11) is 1.57. The average molecular weight is 313 g/mol. The molecule has 4 heteroatoms. The monoisotopic (exact) mass is 312 g/mol. The van der Waals surface area contributed by atoms with Crippen LogP contribution in [-0.4, -0.2) is 25.4 Å². The van der Waals surface area contributed by atoms with Crippen molar-refractivity contribution < 1.29 is 14.3 Å². The van der Waals surface area contributed by atoms with Gasteiger partial charge >= 0.3 is 0 Å². The number of Topliss-reactive ketones (excluding diaryl/α,β-unsaturated/α-hetero) is 1. The summed E-state index contributed by atoms with van der Waals surface area (Å²) in [5.74, 6) is 0.390. The molecule has 0 N–H and O–H groups in total. The van der Waals surface area contributed by atoms with Gasteiger partial charge in [-0.3, -0.25) is 4.79 Å². The minimum Gasteiger partial charge on any atom is -0.496 e. The van der Waals surface area contributed by atoms with Crippen LogP contribution in [0.25, 0.3) is 0 Å². The summed E-state index contributed by atoms with van der Waals surface area (Å²) in [6.45, 7) is 4.89. The third kappa shape index (κ3) is 5.33. The Morgan fingerprint density at radius 3 is 2.67 bits per heavy atom. The van der Waals surface area contributed by atoms with Crippen LogP contribution in [-0.2, 0) is 4.74 Å². The minimum atomic E-state index is -0.134. The van der Waals surface area contributed by atoms with Crippen LogP contribution in [0.2, 0.25) is 0 Å². The van der Waals surface area contributed by atoms with E-state index >= 15 is 0 Å². The van der Waals surface area contributed by atoms with Crippen molar-refractivity contribution in [3.05, 3.63) is 29.3 Å². The van der Waals surface area contributed by atoms with E-state index < -0.39 is 0 Å². The molecule has 0 aliphatic rings. The van der Waals surface area contributed by atoms with Crippen LogP contribution in [0.5, 0.6) is 5.75 Å². The summed E-state index contributed by atoms with van der Waals surface area (Å²) in [6.07, 6.45) is 4.59. The zero-order chi connectivity index (χ0) is 15.7. The second kappa shape index (κ2) is 9.80. The fourth-order valence-electron chi connectivity index (χ4n) is 2.27. The van der Waals surface area contributed by atoms with Crippen LogP contribution in [0.4, 0.5) is 0 Å². The molecule has 1 atom stereocenters. The van der Waals surface area contributed by atoms with Gasteiger partial charge in [-0.2, -0.15) is 0 Å². The number of carbonyl (C=O) groups excluding carboxylic acids is 1. The Morgan fingerprint density at radius 2 is 2.05 bits per heavy atom. The molecule has 21 heavy (non-hydrogen) atoms. The Bertz CT molecular complexity index is 446. The van der Waals surface area contributed by atoms with E-state index in [0.29, 0.717) is 11.3 Å². The molecule has 0 aromatic heterocycles. The SMILES string of the molecule is CCCCCCO[C@H](C)c1cccc(C(=O)CCl)c1OC. The number of hydrogen-bond acceptors (Lipinski definition) is 3. The molecule has 0 radical (unpaired) electrons. The van der Waals surface area contributed by atoms with E-state index in [-0.39, 0.29) is 17.8 Å². The lowest BCUT2D eigenvalue weighted by molar-refractivity contribution is 0.0610. The van der Waals surface area contributed by atoms with Gasteiger partial charge < -0.3 is 9.47 Å². The summed E-state index contributed by atoms with van der Waals surface area (Å²) < 4.78 is 11.3. The molecule has 0 unspecified atom stereocenters. The number of methoxy groups -OCH3 is 1. The summed E-state index contributed by atoms with van der Waals surface area (Å²) in [5.41, 5.74) is 1.41. The molecule has 0 spiro atoms. The van der Waals surface area contributed by atoms with Crippen molar-refractivity contribution in [2.45, 2.75) is 45.6 Å². The average Bonchev–Trinajstić information content (AvgIpc) is 2.52. The number of carbonyl (C=O) groups is 1.